The summed E-state index contributed by atoms with van der Waals surface area (Å²) in [6.07, 6.45) is 5.23. The molecule has 0 spiro atoms. The standard InChI is InChI=1S/C22H28N4O2S/c1-14-5-6-16-18(12-14)29-22-20(16)21(23-15(2)17-4-3-9-28-17)24-19(25-22)13-26-7-10-27-11-8-26/h3-4,9,14-15H,5-8,10-13H2,1-2H3,(H,23,24,25)/t14-,15-/m1/s1. The lowest BCUT2D eigenvalue weighted by molar-refractivity contribution is 0.0331. The minimum Gasteiger partial charge on any atom is -0.467 e. The van der Waals surface area contributed by atoms with Gasteiger partial charge < -0.3 is 14.5 Å². The van der Waals surface area contributed by atoms with Crippen LogP contribution in [0.2, 0.25) is 0 Å². The Hall–Kier alpha value is -1.96. The molecule has 3 aromatic rings. The molecule has 154 valence electrons. The molecule has 0 bridgehead atoms. The number of furan rings is 1. The molecule has 1 N–H and O–H groups in total. The zero-order valence-electron chi connectivity index (χ0n) is 17.1. The van der Waals surface area contributed by atoms with Gasteiger partial charge in [0.1, 0.15) is 22.2 Å². The normalized spacial score (nSPS) is 21.2. The summed E-state index contributed by atoms with van der Waals surface area (Å²) >= 11 is 1.86. The summed E-state index contributed by atoms with van der Waals surface area (Å²) in [5, 5.41) is 4.85. The third-order valence-corrected chi connectivity index (χ3v) is 7.14. The van der Waals surface area contributed by atoms with Crippen molar-refractivity contribution in [2.24, 2.45) is 5.92 Å². The van der Waals surface area contributed by atoms with E-state index in [1.165, 1.54) is 22.2 Å². The smallest absolute Gasteiger partial charge is 0.146 e. The molecule has 1 fully saturated rings. The molecule has 0 saturated carbocycles. The van der Waals surface area contributed by atoms with Crippen LogP contribution in [0.3, 0.4) is 0 Å². The van der Waals surface area contributed by atoms with Gasteiger partial charge in [-0.25, -0.2) is 9.97 Å². The molecule has 1 saturated heterocycles. The quantitative estimate of drug-likeness (QED) is 0.670. The topological polar surface area (TPSA) is 63.4 Å². The van der Waals surface area contributed by atoms with Gasteiger partial charge in [-0.3, -0.25) is 4.90 Å². The third-order valence-electron chi connectivity index (χ3n) is 5.99. The lowest BCUT2D eigenvalue weighted by Crippen LogP contribution is -2.36. The molecule has 0 radical (unpaired) electrons. The highest BCUT2D eigenvalue weighted by atomic mass is 32.1. The van der Waals surface area contributed by atoms with Crippen molar-refractivity contribution in [2.45, 2.75) is 45.7 Å². The number of nitrogens with zero attached hydrogens (tertiary/aromatic N) is 3. The fourth-order valence-electron chi connectivity index (χ4n) is 4.33. The Kier molecular flexibility index (Phi) is 5.28. The van der Waals surface area contributed by atoms with E-state index >= 15 is 0 Å². The molecule has 2 atom stereocenters. The summed E-state index contributed by atoms with van der Waals surface area (Å²) in [6.45, 7) is 8.68. The number of nitrogens with one attached hydrogen (secondary N) is 1. The van der Waals surface area contributed by atoms with Crippen LogP contribution in [0.25, 0.3) is 10.2 Å². The van der Waals surface area contributed by atoms with E-state index in [9.17, 15) is 0 Å². The molecule has 29 heavy (non-hydrogen) atoms. The van der Waals surface area contributed by atoms with E-state index in [1.807, 2.05) is 23.5 Å². The molecule has 1 aliphatic heterocycles. The first kappa shape index (κ1) is 19.0. The van der Waals surface area contributed by atoms with E-state index in [1.54, 1.807) is 6.26 Å². The number of anilines is 1. The fourth-order valence-corrected chi connectivity index (χ4v) is 5.74. The van der Waals surface area contributed by atoms with Gasteiger partial charge in [0, 0.05) is 18.0 Å². The molecule has 6 nitrogen and oxygen atoms in total. The van der Waals surface area contributed by atoms with Crippen LogP contribution in [-0.4, -0.2) is 41.2 Å². The van der Waals surface area contributed by atoms with Crippen LogP contribution in [-0.2, 0) is 24.1 Å². The van der Waals surface area contributed by atoms with Crippen LogP contribution in [0.1, 0.15) is 48.3 Å². The summed E-state index contributed by atoms with van der Waals surface area (Å²) < 4.78 is 11.1. The summed E-state index contributed by atoms with van der Waals surface area (Å²) in [6, 6.07) is 3.99. The Balaban J connectivity index is 1.53. The van der Waals surface area contributed by atoms with E-state index in [4.69, 9.17) is 19.1 Å². The van der Waals surface area contributed by atoms with E-state index in [2.05, 4.69) is 24.1 Å². The molecule has 4 heterocycles. The number of morpholine rings is 1. The number of aryl methyl sites for hydroxylation is 1. The second-order valence-electron chi connectivity index (χ2n) is 8.29. The molecular formula is C22H28N4O2S. The average Bonchev–Trinajstić information content (AvgIpc) is 3.36. The van der Waals surface area contributed by atoms with Crippen LogP contribution in [0.4, 0.5) is 5.82 Å². The summed E-state index contributed by atoms with van der Waals surface area (Å²) in [4.78, 5) is 15.0. The minimum absolute atomic E-state index is 0.0531. The Labute approximate surface area is 175 Å². The second-order valence-corrected chi connectivity index (χ2v) is 9.37. The van der Waals surface area contributed by atoms with E-state index < -0.39 is 0 Å². The molecule has 3 aromatic heterocycles. The van der Waals surface area contributed by atoms with Gasteiger partial charge in [-0.15, -0.1) is 11.3 Å². The third kappa shape index (κ3) is 3.91. The number of fused-ring (bicyclic) bond motifs is 3. The van der Waals surface area contributed by atoms with Crippen molar-refractivity contribution < 1.29 is 9.15 Å². The summed E-state index contributed by atoms with van der Waals surface area (Å²) in [5.41, 5.74) is 1.45. The van der Waals surface area contributed by atoms with Crippen LogP contribution in [0, 0.1) is 5.92 Å². The Morgan fingerprint density at radius 3 is 2.97 bits per heavy atom. The van der Waals surface area contributed by atoms with Crippen molar-refractivity contribution in [3.8, 4) is 0 Å². The van der Waals surface area contributed by atoms with Gasteiger partial charge >= 0.3 is 0 Å². The molecule has 0 amide bonds. The molecule has 7 heteroatoms. The number of rotatable bonds is 5. The number of aromatic nitrogens is 2. The number of hydrogen-bond acceptors (Lipinski definition) is 7. The van der Waals surface area contributed by atoms with E-state index in [0.717, 1.165) is 73.8 Å². The highest BCUT2D eigenvalue weighted by Gasteiger charge is 2.25. The Morgan fingerprint density at radius 2 is 2.17 bits per heavy atom. The first-order chi connectivity index (χ1) is 14.2. The maximum absolute atomic E-state index is 5.61. The maximum atomic E-state index is 5.61. The zero-order chi connectivity index (χ0) is 19.8. The van der Waals surface area contributed by atoms with Crippen LogP contribution >= 0.6 is 11.3 Å². The van der Waals surface area contributed by atoms with Crippen LogP contribution in [0.5, 0.6) is 0 Å². The fraction of sp³-hybridized carbons (Fsp3) is 0.545. The first-order valence-electron chi connectivity index (χ1n) is 10.6. The van der Waals surface area contributed by atoms with Gasteiger partial charge in [-0.05, 0) is 49.8 Å². The van der Waals surface area contributed by atoms with E-state index in [0.29, 0.717) is 0 Å². The number of hydrogen-bond donors (Lipinski definition) is 1. The molecule has 0 unspecified atom stereocenters. The molecule has 1 aliphatic carbocycles. The van der Waals surface area contributed by atoms with Crippen molar-refractivity contribution in [3.05, 3.63) is 40.4 Å². The predicted molar refractivity (Wildman–Crippen MR) is 115 cm³/mol. The van der Waals surface area contributed by atoms with Crippen molar-refractivity contribution >= 4 is 27.4 Å². The summed E-state index contributed by atoms with van der Waals surface area (Å²) in [7, 11) is 0. The molecule has 2 aliphatic rings. The highest BCUT2D eigenvalue weighted by molar-refractivity contribution is 7.19. The molecular weight excluding hydrogens is 384 g/mol. The zero-order valence-corrected chi connectivity index (χ0v) is 17.9. The van der Waals surface area contributed by atoms with Crippen LogP contribution in [0.15, 0.2) is 22.8 Å². The van der Waals surface area contributed by atoms with Gasteiger partial charge in [0.15, 0.2) is 0 Å². The highest BCUT2D eigenvalue weighted by Crippen LogP contribution is 2.40. The van der Waals surface area contributed by atoms with Crippen molar-refractivity contribution in [3.63, 3.8) is 0 Å². The van der Waals surface area contributed by atoms with E-state index in [-0.39, 0.29) is 6.04 Å². The summed E-state index contributed by atoms with van der Waals surface area (Å²) in [5.74, 6) is 3.51. The van der Waals surface area contributed by atoms with Crippen LogP contribution < -0.4 is 5.32 Å². The Morgan fingerprint density at radius 1 is 1.31 bits per heavy atom. The lowest BCUT2D eigenvalue weighted by Gasteiger charge is -2.26. The number of ether oxygens (including phenoxy) is 1. The molecule has 5 rings (SSSR count). The Bertz CT molecular complexity index is 979. The minimum atomic E-state index is 0.0531. The number of thiophene rings is 1. The van der Waals surface area contributed by atoms with Gasteiger partial charge in [0.2, 0.25) is 0 Å². The molecule has 0 aromatic carbocycles. The van der Waals surface area contributed by atoms with Gasteiger partial charge in [0.25, 0.3) is 0 Å². The lowest BCUT2D eigenvalue weighted by atomic mass is 9.89. The van der Waals surface area contributed by atoms with Crippen molar-refractivity contribution in [2.75, 3.05) is 31.6 Å². The van der Waals surface area contributed by atoms with Gasteiger partial charge in [-0.1, -0.05) is 6.92 Å². The maximum Gasteiger partial charge on any atom is 0.146 e. The van der Waals surface area contributed by atoms with Crippen molar-refractivity contribution in [1.82, 2.24) is 14.9 Å². The predicted octanol–water partition coefficient (Wildman–Crippen LogP) is 4.41. The van der Waals surface area contributed by atoms with Gasteiger partial charge in [0.05, 0.1) is 37.4 Å². The average molecular weight is 413 g/mol. The van der Waals surface area contributed by atoms with Gasteiger partial charge in [-0.2, -0.15) is 0 Å². The first-order valence-corrected chi connectivity index (χ1v) is 11.4. The second kappa shape index (κ2) is 8.05. The SMILES string of the molecule is C[C@@H]1CCc2c(sc3nc(CN4CCOCC4)nc(N[C@H](C)c4ccco4)c23)C1. The largest absolute Gasteiger partial charge is 0.467 e. The monoisotopic (exact) mass is 412 g/mol. The van der Waals surface area contributed by atoms with Crippen molar-refractivity contribution in [1.29, 1.82) is 0 Å².